The molecule has 0 N–H and O–H groups in total. The number of nitrogens with zero attached hydrogens (tertiary/aromatic N) is 1. The Labute approximate surface area is 80.1 Å². The van der Waals surface area contributed by atoms with Crippen LogP contribution in [-0.2, 0) is 14.5 Å². The Hall–Kier alpha value is -0.130. The van der Waals surface area contributed by atoms with E-state index in [1.165, 1.54) is 4.31 Å². The molecule has 78 valence electrons. The van der Waals surface area contributed by atoms with E-state index in [0.717, 1.165) is 0 Å². The maximum atomic E-state index is 11.3. The summed E-state index contributed by atoms with van der Waals surface area (Å²) in [6.45, 7) is 8.15. The lowest BCUT2D eigenvalue weighted by Gasteiger charge is -2.40. The molecule has 0 saturated carbocycles. The van der Waals surface area contributed by atoms with E-state index in [-0.39, 0.29) is 12.0 Å². The predicted octanol–water partition coefficient (Wildman–Crippen LogP) is 0.998. The zero-order chi connectivity index (χ0) is 10.5. The smallest absolute Gasteiger partial charge is 0.256 e. The molecular weight excluding hydrogens is 190 g/mol. The van der Waals surface area contributed by atoms with Crippen LogP contribution in [0.2, 0.25) is 0 Å². The fourth-order valence-electron chi connectivity index (χ4n) is 1.29. The third kappa shape index (κ3) is 1.49. The molecule has 0 spiro atoms. The molecular formula is C8H17NO3S. The Bertz CT molecular complexity index is 304. The van der Waals surface area contributed by atoms with Crippen molar-refractivity contribution in [2.75, 3.05) is 13.7 Å². The van der Waals surface area contributed by atoms with Crippen LogP contribution in [0.15, 0.2) is 0 Å². The Morgan fingerprint density at radius 1 is 1.38 bits per heavy atom. The van der Waals surface area contributed by atoms with E-state index in [4.69, 9.17) is 4.18 Å². The fraction of sp³-hybridized carbons (Fsp3) is 1.00. The first-order chi connectivity index (χ1) is 5.61. The predicted molar refractivity (Wildman–Crippen MR) is 50.5 cm³/mol. The first kappa shape index (κ1) is 10.9. The maximum absolute atomic E-state index is 11.3. The molecule has 5 heteroatoms. The highest BCUT2D eigenvalue weighted by atomic mass is 32.2. The summed E-state index contributed by atoms with van der Waals surface area (Å²) in [5.74, 6) is 0. The Morgan fingerprint density at radius 2 is 1.85 bits per heavy atom. The average Bonchev–Trinajstić information content (AvgIpc) is 2.14. The number of hydrogen-bond acceptors (Lipinski definition) is 3. The van der Waals surface area contributed by atoms with Crippen molar-refractivity contribution in [3.63, 3.8) is 0 Å². The molecule has 13 heavy (non-hydrogen) atoms. The number of hydrogen-bond donors (Lipinski definition) is 0. The lowest BCUT2D eigenvalue weighted by molar-refractivity contribution is 0.0864. The molecule has 1 fully saturated rings. The van der Waals surface area contributed by atoms with Crippen molar-refractivity contribution in [1.82, 2.24) is 4.31 Å². The molecule has 1 saturated heterocycles. The van der Waals surface area contributed by atoms with E-state index < -0.39 is 15.8 Å². The lowest BCUT2D eigenvalue weighted by atomic mass is 9.75. The summed E-state index contributed by atoms with van der Waals surface area (Å²) in [5, 5.41) is 0. The van der Waals surface area contributed by atoms with Gasteiger partial charge >= 0.3 is 10.3 Å². The van der Waals surface area contributed by atoms with Gasteiger partial charge < -0.3 is 0 Å². The molecule has 0 amide bonds. The number of likely N-dealkylation sites (N-methyl/N-ethyl adjacent to an activating group) is 1. The van der Waals surface area contributed by atoms with Gasteiger partial charge in [0.2, 0.25) is 0 Å². The zero-order valence-electron chi connectivity index (χ0n) is 8.79. The van der Waals surface area contributed by atoms with Crippen molar-refractivity contribution in [3.8, 4) is 0 Å². The molecule has 0 radical (unpaired) electrons. The van der Waals surface area contributed by atoms with Gasteiger partial charge in [0.15, 0.2) is 0 Å². The highest BCUT2D eigenvalue weighted by Gasteiger charge is 2.52. The highest BCUT2D eigenvalue weighted by Crippen LogP contribution is 2.40. The van der Waals surface area contributed by atoms with E-state index in [1.807, 2.05) is 27.7 Å². The summed E-state index contributed by atoms with van der Waals surface area (Å²) in [5.41, 5.74) is -0.586. The van der Waals surface area contributed by atoms with Crippen LogP contribution < -0.4 is 0 Å². The zero-order valence-corrected chi connectivity index (χ0v) is 9.60. The van der Waals surface area contributed by atoms with Crippen LogP contribution in [0.1, 0.15) is 27.7 Å². The molecule has 0 aromatic carbocycles. The van der Waals surface area contributed by atoms with Crippen molar-refractivity contribution in [2.45, 2.75) is 33.2 Å². The second kappa shape index (κ2) is 2.68. The highest BCUT2D eigenvalue weighted by molar-refractivity contribution is 7.84. The van der Waals surface area contributed by atoms with E-state index in [1.54, 1.807) is 7.05 Å². The van der Waals surface area contributed by atoms with E-state index >= 15 is 0 Å². The summed E-state index contributed by atoms with van der Waals surface area (Å²) >= 11 is 0. The van der Waals surface area contributed by atoms with Gasteiger partial charge in [-0.3, -0.25) is 4.18 Å². The molecule has 0 aromatic heterocycles. The van der Waals surface area contributed by atoms with Gasteiger partial charge in [0.05, 0.1) is 12.1 Å². The van der Waals surface area contributed by atoms with Gasteiger partial charge in [-0.05, 0) is 12.3 Å². The first-order valence-corrected chi connectivity index (χ1v) is 5.61. The minimum atomic E-state index is -3.48. The molecule has 0 bridgehead atoms. The van der Waals surface area contributed by atoms with Gasteiger partial charge in [-0.25, -0.2) is 0 Å². The van der Waals surface area contributed by atoms with Crippen LogP contribution in [-0.4, -0.2) is 31.9 Å². The van der Waals surface area contributed by atoms with Crippen molar-refractivity contribution in [3.05, 3.63) is 0 Å². The van der Waals surface area contributed by atoms with Gasteiger partial charge in [-0.1, -0.05) is 20.8 Å². The van der Waals surface area contributed by atoms with Gasteiger partial charge in [0.1, 0.15) is 0 Å². The standard InChI is InChI=1S/C8H17NO3S/c1-7(2,3)8(4)6-12-13(10,11)9(8)5/h6H2,1-5H3. The molecule has 1 heterocycles. The van der Waals surface area contributed by atoms with Crippen molar-refractivity contribution >= 4 is 10.3 Å². The Morgan fingerprint density at radius 3 is 2.00 bits per heavy atom. The van der Waals surface area contributed by atoms with Crippen LogP contribution in [0.4, 0.5) is 0 Å². The summed E-state index contributed by atoms with van der Waals surface area (Å²) in [4.78, 5) is 0. The Balaban J connectivity index is 3.12. The summed E-state index contributed by atoms with van der Waals surface area (Å²) < 4.78 is 28.8. The second-order valence-electron chi connectivity index (χ2n) is 4.71. The Kier molecular flexibility index (Phi) is 2.26. The van der Waals surface area contributed by atoms with Crippen molar-refractivity contribution < 1.29 is 12.6 Å². The fourth-order valence-corrected chi connectivity index (χ4v) is 2.65. The second-order valence-corrected chi connectivity index (χ2v) is 6.35. The molecule has 1 aliphatic heterocycles. The maximum Gasteiger partial charge on any atom is 0.338 e. The quantitative estimate of drug-likeness (QED) is 0.595. The van der Waals surface area contributed by atoms with Gasteiger partial charge in [-0.2, -0.15) is 12.7 Å². The lowest BCUT2D eigenvalue weighted by Crippen LogP contribution is -2.52. The minimum Gasteiger partial charge on any atom is -0.256 e. The average molecular weight is 207 g/mol. The minimum absolute atomic E-state index is 0.134. The molecule has 1 aliphatic rings. The van der Waals surface area contributed by atoms with Crippen LogP contribution in [0.25, 0.3) is 0 Å². The summed E-state index contributed by atoms with van der Waals surface area (Å²) in [7, 11) is -1.92. The van der Waals surface area contributed by atoms with E-state index in [9.17, 15) is 8.42 Å². The van der Waals surface area contributed by atoms with Crippen molar-refractivity contribution in [1.29, 1.82) is 0 Å². The normalized spacial score (nSPS) is 35.2. The summed E-state index contributed by atoms with van der Waals surface area (Å²) in [6, 6.07) is 0. The third-order valence-corrected chi connectivity index (χ3v) is 4.62. The molecule has 1 unspecified atom stereocenters. The van der Waals surface area contributed by atoms with Crippen LogP contribution in [0.5, 0.6) is 0 Å². The van der Waals surface area contributed by atoms with Gasteiger partial charge in [-0.15, -0.1) is 0 Å². The van der Waals surface area contributed by atoms with Gasteiger partial charge in [0.25, 0.3) is 0 Å². The van der Waals surface area contributed by atoms with Crippen LogP contribution in [0, 0.1) is 5.41 Å². The monoisotopic (exact) mass is 207 g/mol. The van der Waals surface area contributed by atoms with Crippen molar-refractivity contribution in [2.24, 2.45) is 5.41 Å². The molecule has 0 aliphatic carbocycles. The first-order valence-electron chi connectivity index (χ1n) is 4.25. The topological polar surface area (TPSA) is 46.6 Å². The van der Waals surface area contributed by atoms with E-state index in [2.05, 4.69) is 0 Å². The molecule has 4 nitrogen and oxygen atoms in total. The molecule has 0 aromatic rings. The van der Waals surface area contributed by atoms with Gasteiger partial charge in [0, 0.05) is 7.05 Å². The third-order valence-electron chi connectivity index (χ3n) is 3.14. The summed E-state index contributed by atoms with van der Waals surface area (Å²) in [6.07, 6.45) is 0. The largest absolute Gasteiger partial charge is 0.338 e. The number of rotatable bonds is 0. The van der Waals surface area contributed by atoms with E-state index in [0.29, 0.717) is 0 Å². The van der Waals surface area contributed by atoms with Crippen LogP contribution in [0.3, 0.4) is 0 Å². The molecule has 1 atom stereocenters. The van der Waals surface area contributed by atoms with Crippen LogP contribution >= 0.6 is 0 Å². The molecule has 1 rings (SSSR count). The SMILES string of the molecule is CN1C(C)(C(C)(C)C)COS1(=O)=O.